The molecule has 0 saturated heterocycles. The minimum absolute atomic E-state index is 0.0895. The summed E-state index contributed by atoms with van der Waals surface area (Å²) in [5.41, 5.74) is 17.3. The molecule has 0 fully saturated rings. The van der Waals surface area contributed by atoms with Crippen molar-refractivity contribution in [3.05, 3.63) is 203 Å². The predicted octanol–water partition coefficient (Wildman–Crippen LogP) is 13.0. The van der Waals surface area contributed by atoms with Crippen molar-refractivity contribution >= 4 is 17.5 Å². The van der Waals surface area contributed by atoms with Gasteiger partial charge in [0.05, 0.1) is 12.0 Å². The molecule has 0 bridgehead atoms. The molecular weight excluding hydrogens is 667 g/mol. The molecule has 5 aromatic carbocycles. The fraction of sp³-hybridized carbons (Fsp3) is 0.208. The molecule has 5 aromatic rings. The Labute approximate surface area is 325 Å². The highest BCUT2D eigenvalue weighted by atomic mass is 16.5. The molecule has 6 aliphatic rings. The van der Waals surface area contributed by atoms with Crippen LogP contribution in [0.15, 0.2) is 175 Å². The first kappa shape index (κ1) is 32.6. The minimum Gasteiger partial charge on any atom is -0.485 e. The van der Waals surface area contributed by atoms with Crippen LogP contribution >= 0.6 is 0 Å². The lowest BCUT2D eigenvalue weighted by atomic mass is 9.74. The number of allylic oxidation sites excluding steroid dienone is 8. The normalized spacial score (nSPS) is 24.4. The third-order valence-electron chi connectivity index (χ3n) is 13.4. The van der Waals surface area contributed by atoms with Gasteiger partial charge < -0.3 is 9.64 Å². The van der Waals surface area contributed by atoms with E-state index < -0.39 is 0 Å². The van der Waals surface area contributed by atoms with Gasteiger partial charge in [0.1, 0.15) is 11.9 Å². The maximum atomic E-state index is 6.52. The number of fused-ring (bicyclic) bond motifs is 8. The van der Waals surface area contributed by atoms with Gasteiger partial charge in [0.2, 0.25) is 0 Å². The average Bonchev–Trinajstić information content (AvgIpc) is 3.73. The van der Waals surface area contributed by atoms with Gasteiger partial charge in [-0.15, -0.1) is 0 Å². The van der Waals surface area contributed by atoms with Gasteiger partial charge in [-0.1, -0.05) is 147 Å². The number of hydrogen-bond donors (Lipinski definition) is 0. The molecule has 1 heterocycles. The molecule has 55 heavy (non-hydrogen) atoms. The molecule has 11 rings (SSSR count). The molecule has 5 unspecified atom stereocenters. The molecule has 2 nitrogen and oxygen atoms in total. The summed E-state index contributed by atoms with van der Waals surface area (Å²) in [6.07, 6.45) is 26.5. The molecule has 0 amide bonds. The molecule has 1 aliphatic heterocycles. The number of anilines is 2. The van der Waals surface area contributed by atoms with Crippen molar-refractivity contribution in [3.63, 3.8) is 0 Å². The lowest BCUT2D eigenvalue weighted by Crippen LogP contribution is -2.33. The van der Waals surface area contributed by atoms with Gasteiger partial charge >= 0.3 is 0 Å². The summed E-state index contributed by atoms with van der Waals surface area (Å²) in [6, 6.07) is 41.3. The molecule has 5 atom stereocenters. The maximum absolute atomic E-state index is 6.52. The van der Waals surface area contributed by atoms with Gasteiger partial charge in [-0.25, -0.2) is 0 Å². The summed E-state index contributed by atoms with van der Waals surface area (Å²) >= 11 is 0. The van der Waals surface area contributed by atoms with E-state index in [0.717, 1.165) is 25.0 Å². The number of benzene rings is 5. The fourth-order valence-corrected chi connectivity index (χ4v) is 10.5. The highest BCUT2D eigenvalue weighted by Gasteiger charge is 2.45. The van der Waals surface area contributed by atoms with E-state index >= 15 is 0 Å². The largest absolute Gasteiger partial charge is 0.485 e. The Morgan fingerprint density at radius 2 is 1.40 bits per heavy atom. The summed E-state index contributed by atoms with van der Waals surface area (Å²) in [5, 5.41) is 0. The van der Waals surface area contributed by atoms with E-state index in [1.807, 2.05) is 0 Å². The Bertz CT molecular complexity index is 2540. The highest BCUT2D eigenvalue weighted by molar-refractivity contribution is 5.76. The first-order chi connectivity index (χ1) is 27.0. The number of hydrogen-bond acceptors (Lipinski definition) is 2. The lowest BCUT2D eigenvalue weighted by molar-refractivity contribution is 0.265. The monoisotopic (exact) mass is 711 g/mol. The second-order valence-electron chi connectivity index (χ2n) is 16.7. The van der Waals surface area contributed by atoms with Crippen molar-refractivity contribution < 1.29 is 4.74 Å². The van der Waals surface area contributed by atoms with Gasteiger partial charge in [-0.3, -0.25) is 0 Å². The topological polar surface area (TPSA) is 12.5 Å². The van der Waals surface area contributed by atoms with E-state index in [4.69, 9.17) is 4.74 Å². The van der Waals surface area contributed by atoms with Crippen LogP contribution in [0.1, 0.15) is 66.3 Å². The Hall–Kier alpha value is -5.86. The van der Waals surface area contributed by atoms with E-state index in [0.29, 0.717) is 17.8 Å². The van der Waals surface area contributed by atoms with Gasteiger partial charge in [0, 0.05) is 22.9 Å². The zero-order valence-corrected chi connectivity index (χ0v) is 31.5. The lowest BCUT2D eigenvalue weighted by Gasteiger charge is -2.35. The van der Waals surface area contributed by atoms with Crippen molar-refractivity contribution in [2.75, 3.05) is 4.90 Å². The van der Waals surface area contributed by atoms with E-state index in [1.165, 1.54) is 72.6 Å². The van der Waals surface area contributed by atoms with Crippen LogP contribution in [0.4, 0.5) is 11.4 Å². The van der Waals surface area contributed by atoms with Gasteiger partial charge in [0.15, 0.2) is 0 Å². The SMILES string of the molecule is CC1(C)c2ccc(N(c3ccc(-c4ccc(-c5ccc6c(c5)OC5C=CC7=C(C=CCC7)C65)cc4)cc3)C3C=Cc4ccccc4C3)cc2C2C=CC=CC21. The van der Waals surface area contributed by atoms with E-state index in [9.17, 15) is 0 Å². The fourth-order valence-electron chi connectivity index (χ4n) is 10.5. The van der Waals surface area contributed by atoms with Crippen LogP contribution < -0.4 is 9.64 Å². The zero-order chi connectivity index (χ0) is 36.7. The summed E-state index contributed by atoms with van der Waals surface area (Å²) < 4.78 is 6.52. The molecule has 0 radical (unpaired) electrons. The molecule has 0 spiro atoms. The van der Waals surface area contributed by atoms with Crippen LogP contribution in [0.25, 0.3) is 28.3 Å². The second kappa shape index (κ2) is 12.6. The summed E-state index contributed by atoms with van der Waals surface area (Å²) in [6.45, 7) is 4.82. The summed E-state index contributed by atoms with van der Waals surface area (Å²) in [4.78, 5) is 2.56. The summed E-state index contributed by atoms with van der Waals surface area (Å²) in [7, 11) is 0. The number of ether oxygens (including phenoxy) is 1. The molecule has 0 N–H and O–H groups in total. The van der Waals surface area contributed by atoms with Crippen molar-refractivity contribution in [2.45, 2.75) is 62.5 Å². The minimum atomic E-state index is 0.0895. The number of nitrogens with zero attached hydrogens (tertiary/aromatic N) is 1. The third kappa shape index (κ3) is 5.29. The van der Waals surface area contributed by atoms with Crippen LogP contribution in [0, 0.1) is 5.92 Å². The Morgan fingerprint density at radius 3 is 2.25 bits per heavy atom. The molecule has 268 valence electrons. The first-order valence-electron chi connectivity index (χ1n) is 20.1. The van der Waals surface area contributed by atoms with Crippen LogP contribution in [0.2, 0.25) is 0 Å². The first-order valence-corrected chi connectivity index (χ1v) is 20.1. The zero-order valence-electron chi connectivity index (χ0n) is 31.5. The van der Waals surface area contributed by atoms with Crippen molar-refractivity contribution in [1.29, 1.82) is 0 Å². The van der Waals surface area contributed by atoms with Crippen molar-refractivity contribution in [2.24, 2.45) is 5.92 Å². The van der Waals surface area contributed by atoms with Crippen LogP contribution in [0.3, 0.4) is 0 Å². The predicted molar refractivity (Wildman–Crippen MR) is 228 cm³/mol. The Balaban J connectivity index is 0.891. The molecule has 5 aliphatic carbocycles. The molecular formula is C53H45NO. The Morgan fingerprint density at radius 1 is 0.655 bits per heavy atom. The molecule has 0 aromatic heterocycles. The standard InChI is InChI=1S/C53H45NO/c1-53(2)48-14-8-7-13-45(48)47-33-43(27-29-49(47)53)54(42-26-21-34-9-3-4-11-39(34)31-42)41-24-19-36(20-25-41)35-15-17-37(18-16-35)40-22-28-46-51(32-40)55-50-30-23-38-10-5-6-12-44(38)52(46)50/h3-4,6-9,11-30,32-33,42,45,48,50,52H,5,10,31H2,1-2H3. The van der Waals surface area contributed by atoms with Crippen LogP contribution in [-0.4, -0.2) is 12.1 Å². The highest BCUT2D eigenvalue weighted by Crippen LogP contribution is 2.54. The van der Waals surface area contributed by atoms with Crippen LogP contribution in [0.5, 0.6) is 5.75 Å². The van der Waals surface area contributed by atoms with Crippen molar-refractivity contribution in [3.8, 4) is 28.0 Å². The van der Waals surface area contributed by atoms with E-state index in [2.05, 4.69) is 189 Å². The van der Waals surface area contributed by atoms with Crippen molar-refractivity contribution in [1.82, 2.24) is 0 Å². The Kier molecular flexibility index (Phi) is 7.46. The van der Waals surface area contributed by atoms with Gasteiger partial charge in [-0.2, -0.15) is 0 Å². The molecule has 0 saturated carbocycles. The maximum Gasteiger partial charge on any atom is 0.128 e. The van der Waals surface area contributed by atoms with E-state index in [1.54, 1.807) is 0 Å². The van der Waals surface area contributed by atoms with Gasteiger partial charge in [-0.05, 0) is 123 Å². The smallest absolute Gasteiger partial charge is 0.128 e. The average molecular weight is 712 g/mol. The van der Waals surface area contributed by atoms with Crippen LogP contribution in [-0.2, 0) is 11.8 Å². The second-order valence-corrected chi connectivity index (χ2v) is 16.7. The van der Waals surface area contributed by atoms with Gasteiger partial charge in [0.25, 0.3) is 0 Å². The van der Waals surface area contributed by atoms with E-state index in [-0.39, 0.29) is 17.6 Å². The number of rotatable bonds is 5. The molecule has 2 heteroatoms. The summed E-state index contributed by atoms with van der Waals surface area (Å²) in [5.74, 6) is 2.22. The third-order valence-corrected chi connectivity index (χ3v) is 13.4. The quantitative estimate of drug-likeness (QED) is 0.180.